The van der Waals surface area contributed by atoms with Gasteiger partial charge in [-0.15, -0.1) is 0 Å². The van der Waals surface area contributed by atoms with Crippen molar-refractivity contribution in [1.82, 2.24) is 14.5 Å². The summed E-state index contributed by atoms with van der Waals surface area (Å²) in [7, 11) is -3.61. The summed E-state index contributed by atoms with van der Waals surface area (Å²) in [4.78, 5) is 12.9. The molecule has 1 amide bonds. The molecular formula is C21H32N4O3S. The second kappa shape index (κ2) is 9.09. The van der Waals surface area contributed by atoms with Crippen LogP contribution in [0.25, 0.3) is 0 Å². The lowest BCUT2D eigenvalue weighted by molar-refractivity contribution is 0.102. The Bertz CT molecular complexity index is 957. The van der Waals surface area contributed by atoms with Crippen LogP contribution in [-0.4, -0.2) is 30.7 Å². The van der Waals surface area contributed by atoms with Crippen molar-refractivity contribution in [3.8, 4) is 0 Å². The molecule has 0 spiro atoms. The van der Waals surface area contributed by atoms with Crippen LogP contribution in [0.2, 0.25) is 0 Å². The van der Waals surface area contributed by atoms with Gasteiger partial charge in [0.25, 0.3) is 5.91 Å². The van der Waals surface area contributed by atoms with E-state index < -0.39 is 10.0 Å². The van der Waals surface area contributed by atoms with Crippen molar-refractivity contribution in [2.75, 3.05) is 11.9 Å². The summed E-state index contributed by atoms with van der Waals surface area (Å²) in [6.45, 7) is 12.6. The van der Waals surface area contributed by atoms with Crippen LogP contribution in [0.5, 0.6) is 0 Å². The first-order chi connectivity index (χ1) is 13.5. The van der Waals surface area contributed by atoms with Gasteiger partial charge >= 0.3 is 0 Å². The molecule has 0 aliphatic carbocycles. The fraction of sp³-hybridized carbons (Fsp3) is 0.524. The third kappa shape index (κ3) is 5.90. The largest absolute Gasteiger partial charge is 0.321 e. The number of benzene rings is 1. The van der Waals surface area contributed by atoms with Crippen LogP contribution in [-0.2, 0) is 15.6 Å². The number of carbonyl (C=O) groups is 1. The van der Waals surface area contributed by atoms with E-state index in [1.54, 1.807) is 18.2 Å². The minimum absolute atomic E-state index is 0.120. The summed E-state index contributed by atoms with van der Waals surface area (Å²) < 4.78 is 29.3. The number of nitrogens with zero attached hydrogens (tertiary/aromatic N) is 2. The molecule has 0 saturated carbocycles. The van der Waals surface area contributed by atoms with Crippen molar-refractivity contribution in [3.05, 3.63) is 41.7 Å². The summed E-state index contributed by atoms with van der Waals surface area (Å²) in [5, 5.41) is 7.26. The third-order valence-corrected chi connectivity index (χ3v) is 5.88. The summed E-state index contributed by atoms with van der Waals surface area (Å²) in [6.07, 6.45) is 1.67. The number of hydrogen-bond acceptors (Lipinski definition) is 4. The van der Waals surface area contributed by atoms with Crippen LogP contribution in [0.4, 0.5) is 5.69 Å². The van der Waals surface area contributed by atoms with Crippen LogP contribution in [0.15, 0.2) is 35.2 Å². The maximum atomic E-state index is 12.7. The van der Waals surface area contributed by atoms with Gasteiger partial charge in [-0.1, -0.05) is 33.3 Å². The maximum Gasteiger partial charge on any atom is 0.276 e. The predicted octanol–water partition coefficient (Wildman–Crippen LogP) is 4.09. The molecule has 1 aromatic carbocycles. The average molecular weight is 421 g/mol. The zero-order valence-corrected chi connectivity index (χ0v) is 18.9. The number of anilines is 1. The standard InChI is InChI=1S/C21H32N4O3S/c1-7-8-12-22-29(27,28)17-11-9-10-16(13-17)23-20(26)18-14-19(15(2)3)25(24-18)21(4,5)6/h9-11,13-15,22H,7-8,12H2,1-6H3,(H,23,26). The molecule has 2 aromatic rings. The first kappa shape index (κ1) is 23.1. The lowest BCUT2D eigenvalue weighted by Gasteiger charge is -2.23. The Morgan fingerprint density at radius 2 is 1.90 bits per heavy atom. The molecule has 7 nitrogen and oxygen atoms in total. The van der Waals surface area contributed by atoms with Gasteiger partial charge in [0.1, 0.15) is 0 Å². The van der Waals surface area contributed by atoms with Crippen molar-refractivity contribution in [2.24, 2.45) is 0 Å². The highest BCUT2D eigenvalue weighted by molar-refractivity contribution is 7.89. The molecule has 0 saturated heterocycles. The number of nitrogens with one attached hydrogen (secondary N) is 2. The summed E-state index contributed by atoms with van der Waals surface area (Å²) in [5.74, 6) is -0.158. The van der Waals surface area contributed by atoms with Crippen LogP contribution in [0, 0.1) is 0 Å². The molecule has 0 aliphatic heterocycles. The first-order valence-corrected chi connectivity index (χ1v) is 11.5. The minimum Gasteiger partial charge on any atom is -0.321 e. The van der Waals surface area contributed by atoms with Crippen LogP contribution < -0.4 is 10.0 Å². The van der Waals surface area contributed by atoms with Crippen LogP contribution in [0.3, 0.4) is 0 Å². The molecule has 2 rings (SSSR count). The van der Waals surface area contributed by atoms with Crippen molar-refractivity contribution >= 4 is 21.6 Å². The molecule has 1 aromatic heterocycles. The topological polar surface area (TPSA) is 93.1 Å². The van der Waals surface area contributed by atoms with Gasteiger partial charge in [0.05, 0.1) is 10.4 Å². The molecule has 0 radical (unpaired) electrons. The lowest BCUT2D eigenvalue weighted by Crippen LogP contribution is -2.26. The minimum atomic E-state index is -3.61. The maximum absolute atomic E-state index is 12.7. The number of rotatable bonds is 8. The Morgan fingerprint density at radius 3 is 2.45 bits per heavy atom. The van der Waals surface area contributed by atoms with Gasteiger partial charge in [0.2, 0.25) is 10.0 Å². The van der Waals surface area contributed by atoms with E-state index in [2.05, 4.69) is 29.0 Å². The average Bonchev–Trinajstić information content (AvgIpc) is 3.08. The molecule has 160 valence electrons. The van der Waals surface area contributed by atoms with E-state index >= 15 is 0 Å². The van der Waals surface area contributed by atoms with E-state index in [9.17, 15) is 13.2 Å². The van der Waals surface area contributed by atoms with Gasteiger partial charge in [-0.05, 0) is 57.4 Å². The second-order valence-electron chi connectivity index (χ2n) is 8.43. The van der Waals surface area contributed by atoms with Crippen LogP contribution in [0.1, 0.15) is 76.5 Å². The first-order valence-electron chi connectivity index (χ1n) is 9.97. The quantitative estimate of drug-likeness (QED) is 0.629. The Kier molecular flexibility index (Phi) is 7.24. The lowest BCUT2D eigenvalue weighted by atomic mass is 10.1. The highest BCUT2D eigenvalue weighted by Gasteiger charge is 2.24. The zero-order valence-electron chi connectivity index (χ0n) is 18.1. The molecule has 29 heavy (non-hydrogen) atoms. The molecule has 0 aliphatic rings. The van der Waals surface area contributed by atoms with E-state index in [0.717, 1.165) is 18.5 Å². The number of carbonyl (C=O) groups excluding carboxylic acids is 1. The fourth-order valence-electron chi connectivity index (χ4n) is 2.86. The summed E-state index contributed by atoms with van der Waals surface area (Å²) in [6, 6.07) is 8.02. The molecule has 0 fully saturated rings. The number of sulfonamides is 1. The third-order valence-electron chi connectivity index (χ3n) is 4.42. The fourth-order valence-corrected chi connectivity index (χ4v) is 3.98. The van der Waals surface area contributed by atoms with Gasteiger partial charge in [0, 0.05) is 17.9 Å². The van der Waals surface area contributed by atoms with Gasteiger partial charge in [0.15, 0.2) is 5.69 Å². The van der Waals surface area contributed by atoms with Gasteiger partial charge < -0.3 is 5.32 Å². The van der Waals surface area contributed by atoms with Gasteiger partial charge in [-0.3, -0.25) is 9.48 Å². The Morgan fingerprint density at radius 1 is 1.21 bits per heavy atom. The number of amides is 1. The Balaban J connectivity index is 2.24. The predicted molar refractivity (Wildman–Crippen MR) is 116 cm³/mol. The highest BCUT2D eigenvalue weighted by Crippen LogP contribution is 2.24. The van der Waals surface area contributed by atoms with E-state index in [1.165, 1.54) is 12.1 Å². The summed E-state index contributed by atoms with van der Waals surface area (Å²) >= 11 is 0. The molecule has 0 atom stereocenters. The monoisotopic (exact) mass is 420 g/mol. The van der Waals surface area contributed by atoms with Crippen molar-refractivity contribution < 1.29 is 13.2 Å². The van der Waals surface area contributed by atoms with Crippen molar-refractivity contribution in [1.29, 1.82) is 0 Å². The number of aromatic nitrogens is 2. The molecule has 8 heteroatoms. The molecular weight excluding hydrogens is 388 g/mol. The normalized spacial score (nSPS) is 12.4. The smallest absolute Gasteiger partial charge is 0.276 e. The van der Waals surface area contributed by atoms with E-state index in [-0.39, 0.29) is 22.3 Å². The van der Waals surface area contributed by atoms with Gasteiger partial charge in [-0.2, -0.15) is 5.10 Å². The summed E-state index contributed by atoms with van der Waals surface area (Å²) in [5.41, 5.74) is 1.43. The van der Waals surface area contributed by atoms with E-state index in [4.69, 9.17) is 0 Å². The number of unbranched alkanes of at least 4 members (excludes halogenated alkanes) is 1. The Labute approximate surface area is 173 Å². The van der Waals surface area contributed by atoms with Crippen molar-refractivity contribution in [3.63, 3.8) is 0 Å². The Hall–Kier alpha value is -2.19. The molecule has 0 unspecified atom stereocenters. The highest BCUT2D eigenvalue weighted by atomic mass is 32.2. The van der Waals surface area contributed by atoms with Crippen molar-refractivity contribution in [2.45, 2.75) is 70.7 Å². The van der Waals surface area contributed by atoms with Gasteiger partial charge in [-0.25, -0.2) is 13.1 Å². The SMILES string of the molecule is CCCCNS(=O)(=O)c1cccc(NC(=O)c2cc(C(C)C)n(C(C)(C)C)n2)c1. The molecule has 2 N–H and O–H groups in total. The second-order valence-corrected chi connectivity index (χ2v) is 10.2. The van der Waals surface area contributed by atoms with Crippen LogP contribution >= 0.6 is 0 Å². The zero-order chi connectivity index (χ0) is 21.8. The van der Waals surface area contributed by atoms with E-state index in [0.29, 0.717) is 17.9 Å². The number of hydrogen-bond donors (Lipinski definition) is 2. The van der Waals surface area contributed by atoms with E-state index in [1.807, 2.05) is 32.4 Å². The molecule has 1 heterocycles. The molecule has 0 bridgehead atoms.